The molecule has 0 amide bonds. The summed E-state index contributed by atoms with van der Waals surface area (Å²) in [4.78, 5) is 0. The highest BCUT2D eigenvalue weighted by Gasteiger charge is 2.30. The third kappa shape index (κ3) is 2.65. The second-order valence-corrected chi connectivity index (χ2v) is 4.01. The molecule has 0 saturated carbocycles. The number of rotatable bonds is 5. The van der Waals surface area contributed by atoms with Crippen LogP contribution in [0.1, 0.15) is 38.2 Å². The van der Waals surface area contributed by atoms with Crippen molar-refractivity contribution in [3.63, 3.8) is 0 Å². The molecule has 0 radical (unpaired) electrons. The lowest BCUT2D eigenvalue weighted by Gasteiger charge is -2.26. The lowest BCUT2D eigenvalue weighted by molar-refractivity contribution is 0.465. The van der Waals surface area contributed by atoms with E-state index in [-0.39, 0.29) is 0 Å². The number of hydrogen-bond donors (Lipinski definition) is 0. The second kappa shape index (κ2) is 5.99. The Morgan fingerprint density at radius 2 is 1.94 bits per heavy atom. The molecule has 0 spiro atoms. The van der Waals surface area contributed by atoms with Gasteiger partial charge >= 0.3 is 0 Å². The van der Waals surface area contributed by atoms with Crippen LogP contribution in [0.2, 0.25) is 0 Å². The standard InChI is InChI=1S/C15H17N/c1-3-5-12-15(13-16,11-4-2)14-9-7-6-8-10-14/h1,6-10H,4-5,11-12H2,2H3. The molecular formula is C15H17N. The first-order valence-corrected chi connectivity index (χ1v) is 5.69. The van der Waals surface area contributed by atoms with Gasteiger partial charge in [0.1, 0.15) is 0 Å². The second-order valence-electron chi connectivity index (χ2n) is 4.01. The molecule has 0 saturated heterocycles. The fourth-order valence-corrected chi connectivity index (χ4v) is 2.06. The van der Waals surface area contributed by atoms with Gasteiger partial charge in [0.25, 0.3) is 0 Å². The van der Waals surface area contributed by atoms with Crippen molar-refractivity contribution in [2.75, 3.05) is 0 Å². The van der Waals surface area contributed by atoms with Crippen LogP contribution in [0.25, 0.3) is 0 Å². The topological polar surface area (TPSA) is 23.8 Å². The van der Waals surface area contributed by atoms with Gasteiger partial charge in [0.2, 0.25) is 0 Å². The largest absolute Gasteiger partial charge is 0.197 e. The highest BCUT2D eigenvalue weighted by atomic mass is 14.4. The maximum Gasteiger partial charge on any atom is 0.0831 e. The van der Waals surface area contributed by atoms with Crippen LogP contribution in [0, 0.1) is 23.7 Å². The molecule has 1 nitrogen and oxygen atoms in total. The number of terminal acetylenes is 1. The van der Waals surface area contributed by atoms with Gasteiger partial charge in [0.15, 0.2) is 0 Å². The zero-order valence-corrected chi connectivity index (χ0v) is 9.74. The Labute approximate surface area is 98.1 Å². The summed E-state index contributed by atoms with van der Waals surface area (Å²) in [5, 5.41) is 9.47. The summed E-state index contributed by atoms with van der Waals surface area (Å²) in [6.07, 6.45) is 8.57. The first-order valence-electron chi connectivity index (χ1n) is 5.69. The maximum absolute atomic E-state index is 9.47. The van der Waals surface area contributed by atoms with Gasteiger partial charge in [-0.1, -0.05) is 43.7 Å². The highest BCUT2D eigenvalue weighted by Crippen LogP contribution is 2.33. The molecule has 0 fully saturated rings. The van der Waals surface area contributed by atoms with E-state index in [0.717, 1.165) is 24.8 Å². The molecule has 0 N–H and O–H groups in total. The van der Waals surface area contributed by atoms with E-state index in [2.05, 4.69) is 18.9 Å². The van der Waals surface area contributed by atoms with Gasteiger partial charge in [-0.2, -0.15) is 5.26 Å². The maximum atomic E-state index is 9.47. The van der Waals surface area contributed by atoms with Gasteiger partial charge < -0.3 is 0 Å². The Kier molecular flexibility index (Phi) is 4.62. The molecule has 0 aliphatic rings. The molecule has 1 rings (SSSR count). The van der Waals surface area contributed by atoms with Crippen LogP contribution >= 0.6 is 0 Å². The van der Waals surface area contributed by atoms with Gasteiger partial charge in [0, 0.05) is 6.42 Å². The summed E-state index contributed by atoms with van der Waals surface area (Å²) in [5.74, 6) is 2.63. The van der Waals surface area contributed by atoms with Crippen LogP contribution in [0.15, 0.2) is 30.3 Å². The zero-order chi connectivity index (χ0) is 11.9. The molecule has 0 bridgehead atoms. The zero-order valence-electron chi connectivity index (χ0n) is 9.74. The number of hydrogen-bond acceptors (Lipinski definition) is 1. The van der Waals surface area contributed by atoms with E-state index in [1.54, 1.807) is 0 Å². The van der Waals surface area contributed by atoms with Crippen LogP contribution in [0.4, 0.5) is 0 Å². The van der Waals surface area contributed by atoms with Crippen molar-refractivity contribution in [3.05, 3.63) is 35.9 Å². The fourth-order valence-electron chi connectivity index (χ4n) is 2.06. The van der Waals surface area contributed by atoms with Gasteiger partial charge in [-0.05, 0) is 18.4 Å². The quantitative estimate of drug-likeness (QED) is 0.682. The minimum absolute atomic E-state index is 0.400. The number of nitriles is 1. The van der Waals surface area contributed by atoms with Crippen molar-refractivity contribution in [2.24, 2.45) is 0 Å². The molecule has 0 aliphatic heterocycles. The van der Waals surface area contributed by atoms with Crippen molar-refractivity contribution in [2.45, 2.75) is 38.0 Å². The monoisotopic (exact) mass is 211 g/mol. The van der Waals surface area contributed by atoms with Crippen LogP contribution < -0.4 is 0 Å². The summed E-state index contributed by atoms with van der Waals surface area (Å²) < 4.78 is 0. The number of benzene rings is 1. The van der Waals surface area contributed by atoms with Crippen LogP contribution in [-0.2, 0) is 5.41 Å². The Morgan fingerprint density at radius 3 is 2.44 bits per heavy atom. The van der Waals surface area contributed by atoms with Crippen molar-refractivity contribution in [1.82, 2.24) is 0 Å². The normalized spacial score (nSPS) is 13.4. The molecule has 1 unspecified atom stereocenters. The smallest absolute Gasteiger partial charge is 0.0831 e. The Morgan fingerprint density at radius 1 is 1.25 bits per heavy atom. The third-order valence-electron chi connectivity index (χ3n) is 2.91. The molecule has 1 atom stereocenters. The predicted octanol–water partition coefficient (Wildman–Crippen LogP) is 3.66. The predicted molar refractivity (Wildman–Crippen MR) is 66.7 cm³/mol. The van der Waals surface area contributed by atoms with E-state index >= 15 is 0 Å². The first-order chi connectivity index (χ1) is 7.79. The van der Waals surface area contributed by atoms with Gasteiger partial charge in [0.05, 0.1) is 11.5 Å². The molecule has 1 aromatic carbocycles. The van der Waals surface area contributed by atoms with Crippen LogP contribution in [0.5, 0.6) is 0 Å². The van der Waals surface area contributed by atoms with E-state index in [1.165, 1.54) is 0 Å². The Bertz CT molecular complexity index is 394. The first kappa shape index (κ1) is 12.3. The Balaban J connectivity index is 3.04. The molecule has 16 heavy (non-hydrogen) atoms. The van der Waals surface area contributed by atoms with Crippen LogP contribution in [0.3, 0.4) is 0 Å². The summed E-state index contributed by atoms with van der Waals surface area (Å²) in [6.45, 7) is 2.10. The molecular weight excluding hydrogens is 194 g/mol. The summed E-state index contributed by atoms with van der Waals surface area (Å²) in [6, 6.07) is 12.4. The molecule has 0 aromatic heterocycles. The van der Waals surface area contributed by atoms with E-state index in [0.29, 0.717) is 6.42 Å². The molecule has 0 aliphatic carbocycles. The van der Waals surface area contributed by atoms with Crippen molar-refractivity contribution in [3.8, 4) is 18.4 Å². The number of nitrogens with zero attached hydrogens (tertiary/aromatic N) is 1. The average Bonchev–Trinajstić information content (AvgIpc) is 2.36. The van der Waals surface area contributed by atoms with Gasteiger partial charge in [-0.3, -0.25) is 0 Å². The highest BCUT2D eigenvalue weighted by molar-refractivity contribution is 5.32. The summed E-state index contributed by atoms with van der Waals surface area (Å²) in [5.41, 5.74) is 0.692. The minimum Gasteiger partial charge on any atom is -0.197 e. The van der Waals surface area contributed by atoms with Gasteiger partial charge in [-0.15, -0.1) is 12.3 Å². The Hall–Kier alpha value is -1.73. The lowest BCUT2D eigenvalue weighted by atomic mass is 9.75. The molecule has 1 aromatic rings. The lowest BCUT2D eigenvalue weighted by Crippen LogP contribution is -2.23. The SMILES string of the molecule is C#CCCC(C#N)(CCC)c1ccccc1. The van der Waals surface area contributed by atoms with Crippen molar-refractivity contribution >= 4 is 0 Å². The third-order valence-corrected chi connectivity index (χ3v) is 2.91. The van der Waals surface area contributed by atoms with E-state index in [1.807, 2.05) is 30.3 Å². The summed E-state index contributed by atoms with van der Waals surface area (Å²) in [7, 11) is 0. The fraction of sp³-hybridized carbons (Fsp3) is 0.400. The molecule has 82 valence electrons. The van der Waals surface area contributed by atoms with E-state index < -0.39 is 5.41 Å². The minimum atomic E-state index is -0.400. The average molecular weight is 211 g/mol. The summed E-state index contributed by atoms with van der Waals surface area (Å²) >= 11 is 0. The van der Waals surface area contributed by atoms with Gasteiger partial charge in [-0.25, -0.2) is 0 Å². The van der Waals surface area contributed by atoms with Crippen molar-refractivity contribution < 1.29 is 0 Å². The van der Waals surface area contributed by atoms with E-state index in [9.17, 15) is 5.26 Å². The van der Waals surface area contributed by atoms with Crippen LogP contribution in [-0.4, -0.2) is 0 Å². The molecule has 1 heteroatoms. The molecule has 0 heterocycles. The van der Waals surface area contributed by atoms with E-state index in [4.69, 9.17) is 6.42 Å². The van der Waals surface area contributed by atoms with Crippen molar-refractivity contribution in [1.29, 1.82) is 5.26 Å².